The normalized spacial score (nSPS) is 18.0. The minimum Gasteiger partial charge on any atom is -0.372 e. The van der Waals surface area contributed by atoms with E-state index in [-0.39, 0.29) is 18.4 Å². The molecule has 5 nitrogen and oxygen atoms in total. The van der Waals surface area contributed by atoms with E-state index in [4.69, 9.17) is 0 Å². The van der Waals surface area contributed by atoms with Crippen LogP contribution in [0.2, 0.25) is 0 Å². The third-order valence-corrected chi connectivity index (χ3v) is 4.66. The Morgan fingerprint density at radius 1 is 1.04 bits per heavy atom. The van der Waals surface area contributed by atoms with Crippen molar-refractivity contribution in [1.82, 2.24) is 10.6 Å². The molecule has 0 spiro atoms. The Morgan fingerprint density at radius 3 is 2.36 bits per heavy atom. The first-order valence-corrected chi connectivity index (χ1v) is 9.31. The fourth-order valence-corrected chi connectivity index (χ4v) is 3.03. The average molecular weight is 341 g/mol. The summed E-state index contributed by atoms with van der Waals surface area (Å²) in [5.74, 6) is -0.367. The predicted octanol–water partition coefficient (Wildman–Crippen LogP) is 2.48. The molecule has 2 aliphatic rings. The van der Waals surface area contributed by atoms with Crippen LogP contribution in [0.3, 0.4) is 0 Å². The lowest BCUT2D eigenvalue weighted by Crippen LogP contribution is -2.37. The fourth-order valence-electron chi connectivity index (χ4n) is 3.03. The Morgan fingerprint density at radius 2 is 1.72 bits per heavy atom. The number of hydrogen-bond acceptors (Lipinski definition) is 3. The predicted molar refractivity (Wildman–Crippen MR) is 100 cm³/mol. The molecule has 0 atom stereocenters. The quantitative estimate of drug-likeness (QED) is 0.782. The van der Waals surface area contributed by atoms with Gasteiger partial charge in [-0.1, -0.05) is 25.0 Å². The van der Waals surface area contributed by atoms with Gasteiger partial charge in [0, 0.05) is 30.9 Å². The van der Waals surface area contributed by atoms with Gasteiger partial charge in [0.25, 0.3) is 0 Å². The molecule has 134 valence electrons. The van der Waals surface area contributed by atoms with Crippen molar-refractivity contribution in [2.24, 2.45) is 0 Å². The second kappa shape index (κ2) is 8.70. The Hall–Kier alpha value is -2.30. The molecule has 2 N–H and O–H groups in total. The Kier molecular flexibility index (Phi) is 6.09. The lowest BCUT2D eigenvalue weighted by atomic mass is 10.1. The molecule has 1 saturated heterocycles. The van der Waals surface area contributed by atoms with Crippen molar-refractivity contribution in [2.75, 3.05) is 24.5 Å². The van der Waals surface area contributed by atoms with Crippen molar-refractivity contribution >= 4 is 23.6 Å². The highest BCUT2D eigenvalue weighted by Gasteiger charge is 2.22. The highest BCUT2D eigenvalue weighted by molar-refractivity contribution is 5.94. The minimum absolute atomic E-state index is 0.0353. The van der Waals surface area contributed by atoms with Gasteiger partial charge in [-0.3, -0.25) is 9.59 Å². The van der Waals surface area contributed by atoms with Crippen molar-refractivity contribution < 1.29 is 9.59 Å². The van der Waals surface area contributed by atoms with Gasteiger partial charge in [0.2, 0.25) is 11.8 Å². The molecule has 0 unspecified atom stereocenters. The van der Waals surface area contributed by atoms with Gasteiger partial charge < -0.3 is 15.5 Å². The largest absolute Gasteiger partial charge is 0.372 e. The van der Waals surface area contributed by atoms with Crippen molar-refractivity contribution in [3.8, 4) is 0 Å². The van der Waals surface area contributed by atoms with Gasteiger partial charge in [-0.25, -0.2) is 0 Å². The molecular weight excluding hydrogens is 314 g/mol. The van der Waals surface area contributed by atoms with Gasteiger partial charge in [0.1, 0.15) is 0 Å². The van der Waals surface area contributed by atoms with Crippen LogP contribution in [0.5, 0.6) is 0 Å². The van der Waals surface area contributed by atoms with E-state index in [1.807, 2.05) is 12.1 Å². The van der Waals surface area contributed by atoms with Crippen molar-refractivity contribution in [3.05, 3.63) is 35.9 Å². The minimum atomic E-state index is -0.248. The summed E-state index contributed by atoms with van der Waals surface area (Å²) >= 11 is 0. The molecule has 2 fully saturated rings. The highest BCUT2D eigenvalue weighted by atomic mass is 16.2. The topological polar surface area (TPSA) is 61.4 Å². The van der Waals surface area contributed by atoms with E-state index in [2.05, 4.69) is 27.7 Å². The van der Waals surface area contributed by atoms with Crippen LogP contribution >= 0.6 is 0 Å². The van der Waals surface area contributed by atoms with E-state index in [1.165, 1.54) is 37.4 Å². The van der Waals surface area contributed by atoms with Crippen LogP contribution in [-0.2, 0) is 9.59 Å². The lowest BCUT2D eigenvalue weighted by molar-refractivity contribution is -0.124. The van der Waals surface area contributed by atoms with E-state index in [1.54, 1.807) is 6.08 Å². The summed E-state index contributed by atoms with van der Waals surface area (Å²) in [5.41, 5.74) is 2.23. The summed E-state index contributed by atoms with van der Waals surface area (Å²) in [6.07, 6.45) is 10.5. The highest BCUT2D eigenvalue weighted by Crippen LogP contribution is 2.20. The first kappa shape index (κ1) is 17.5. The number of nitrogens with one attached hydrogen (secondary N) is 2. The number of anilines is 1. The number of amides is 2. The van der Waals surface area contributed by atoms with Crippen molar-refractivity contribution in [2.45, 2.75) is 44.6 Å². The summed E-state index contributed by atoms with van der Waals surface area (Å²) in [5, 5.41) is 5.45. The number of nitrogens with zero attached hydrogens (tertiary/aromatic N) is 1. The Bertz CT molecular complexity index is 612. The number of benzene rings is 1. The molecule has 1 saturated carbocycles. The SMILES string of the molecule is O=C(/C=C/c1ccc(N2CCCCCC2)cc1)NCC(=O)NC1CC1. The first-order valence-electron chi connectivity index (χ1n) is 9.31. The molecule has 1 heterocycles. The van der Waals surface area contributed by atoms with Gasteiger partial charge in [0.05, 0.1) is 6.54 Å². The monoisotopic (exact) mass is 341 g/mol. The van der Waals surface area contributed by atoms with Crippen LogP contribution in [0.15, 0.2) is 30.3 Å². The van der Waals surface area contributed by atoms with Gasteiger partial charge in [-0.15, -0.1) is 0 Å². The van der Waals surface area contributed by atoms with E-state index in [0.29, 0.717) is 6.04 Å². The average Bonchev–Trinajstić information content (AvgIpc) is 3.45. The van der Waals surface area contributed by atoms with E-state index in [9.17, 15) is 9.59 Å². The van der Waals surface area contributed by atoms with Crippen LogP contribution in [0.25, 0.3) is 6.08 Å². The second-order valence-electron chi connectivity index (χ2n) is 6.89. The maximum atomic E-state index is 11.8. The van der Waals surface area contributed by atoms with Crippen LogP contribution < -0.4 is 15.5 Å². The van der Waals surface area contributed by atoms with E-state index >= 15 is 0 Å². The summed E-state index contributed by atoms with van der Waals surface area (Å²) in [4.78, 5) is 25.8. The van der Waals surface area contributed by atoms with Crippen molar-refractivity contribution in [1.29, 1.82) is 0 Å². The fraction of sp³-hybridized carbons (Fsp3) is 0.500. The molecule has 1 aromatic carbocycles. The molecule has 0 radical (unpaired) electrons. The smallest absolute Gasteiger partial charge is 0.244 e. The Balaban J connectivity index is 1.45. The lowest BCUT2D eigenvalue weighted by Gasteiger charge is -2.22. The second-order valence-corrected chi connectivity index (χ2v) is 6.89. The molecule has 3 rings (SSSR count). The maximum Gasteiger partial charge on any atom is 0.244 e. The standard InChI is InChI=1S/C20H27N3O2/c24-19(21-15-20(25)22-17-8-9-17)12-7-16-5-10-18(11-6-16)23-13-3-1-2-4-14-23/h5-7,10-12,17H,1-4,8-9,13-15H2,(H,21,24)(H,22,25)/b12-7+. The van der Waals surface area contributed by atoms with Crippen LogP contribution in [0, 0.1) is 0 Å². The van der Waals surface area contributed by atoms with Gasteiger partial charge in [-0.2, -0.15) is 0 Å². The summed E-state index contributed by atoms with van der Waals surface area (Å²) in [6, 6.07) is 8.62. The van der Waals surface area contributed by atoms with Crippen molar-refractivity contribution in [3.63, 3.8) is 0 Å². The summed E-state index contributed by atoms with van der Waals surface area (Å²) < 4.78 is 0. The molecule has 5 heteroatoms. The molecular formula is C20H27N3O2. The van der Waals surface area contributed by atoms with E-state index in [0.717, 1.165) is 31.5 Å². The summed E-state index contributed by atoms with van der Waals surface area (Å²) in [6.45, 7) is 2.29. The molecule has 1 aromatic rings. The number of carbonyl (C=O) groups is 2. The third-order valence-electron chi connectivity index (χ3n) is 4.66. The number of rotatable bonds is 6. The zero-order valence-corrected chi connectivity index (χ0v) is 14.7. The molecule has 1 aliphatic carbocycles. The maximum absolute atomic E-state index is 11.8. The molecule has 0 bridgehead atoms. The van der Waals surface area contributed by atoms with Gasteiger partial charge in [0.15, 0.2) is 0 Å². The Labute approximate surface area is 149 Å². The van der Waals surface area contributed by atoms with Gasteiger partial charge >= 0.3 is 0 Å². The molecule has 1 aliphatic heterocycles. The molecule has 0 aromatic heterocycles. The summed E-state index contributed by atoms with van der Waals surface area (Å²) in [7, 11) is 0. The number of hydrogen-bond donors (Lipinski definition) is 2. The van der Waals surface area contributed by atoms with Gasteiger partial charge in [-0.05, 0) is 49.5 Å². The zero-order chi connectivity index (χ0) is 17.5. The van der Waals surface area contributed by atoms with Crippen LogP contribution in [0.1, 0.15) is 44.1 Å². The zero-order valence-electron chi connectivity index (χ0n) is 14.7. The van der Waals surface area contributed by atoms with E-state index < -0.39 is 0 Å². The molecule has 25 heavy (non-hydrogen) atoms. The first-order chi connectivity index (χ1) is 12.2. The molecule has 2 amide bonds. The van der Waals surface area contributed by atoms with Crippen LogP contribution in [-0.4, -0.2) is 37.5 Å². The number of carbonyl (C=O) groups excluding carboxylic acids is 2. The third kappa shape index (κ3) is 5.93. The van der Waals surface area contributed by atoms with Crippen LogP contribution in [0.4, 0.5) is 5.69 Å².